The van der Waals surface area contributed by atoms with Crippen molar-refractivity contribution < 1.29 is 14.6 Å². The van der Waals surface area contributed by atoms with Gasteiger partial charge >= 0.3 is 5.97 Å². The summed E-state index contributed by atoms with van der Waals surface area (Å²) >= 11 is 0. The van der Waals surface area contributed by atoms with Crippen LogP contribution in [0.1, 0.15) is 20.3 Å². The third-order valence-corrected chi connectivity index (χ3v) is 2.09. The predicted octanol–water partition coefficient (Wildman–Crippen LogP) is 0.128. The lowest BCUT2D eigenvalue weighted by molar-refractivity contribution is -0.140. The molecule has 0 bridgehead atoms. The van der Waals surface area contributed by atoms with Gasteiger partial charge in [-0.3, -0.25) is 4.99 Å². The number of rotatable bonds is 7. The molecule has 0 heterocycles. The van der Waals surface area contributed by atoms with E-state index in [2.05, 4.69) is 4.99 Å². The van der Waals surface area contributed by atoms with Crippen molar-refractivity contribution in [2.24, 2.45) is 16.5 Å². The monoisotopic (exact) mass is 243 g/mol. The number of amidine groups is 1. The number of nitrogens with two attached hydrogens (primary N) is 2. The SMILES string of the molecule is COC/C(=C/C(C)(N)C(=O)O)CCN=C(C)N. The summed E-state index contributed by atoms with van der Waals surface area (Å²) < 4.78 is 4.99. The zero-order valence-corrected chi connectivity index (χ0v) is 10.6. The Morgan fingerprint density at radius 1 is 1.59 bits per heavy atom. The number of hydrogen-bond acceptors (Lipinski definition) is 4. The molecule has 0 amide bonds. The average molecular weight is 243 g/mol. The highest BCUT2D eigenvalue weighted by Crippen LogP contribution is 2.10. The second-order valence-corrected chi connectivity index (χ2v) is 4.10. The largest absolute Gasteiger partial charge is 0.480 e. The minimum atomic E-state index is -1.39. The smallest absolute Gasteiger partial charge is 0.327 e. The number of aliphatic carboxylic acids is 1. The minimum absolute atomic E-state index is 0.333. The van der Waals surface area contributed by atoms with Crippen molar-refractivity contribution in [1.29, 1.82) is 0 Å². The van der Waals surface area contributed by atoms with Gasteiger partial charge in [-0.2, -0.15) is 0 Å². The van der Waals surface area contributed by atoms with E-state index in [1.165, 1.54) is 13.0 Å². The van der Waals surface area contributed by atoms with Gasteiger partial charge in [0.15, 0.2) is 0 Å². The summed E-state index contributed by atoms with van der Waals surface area (Å²) in [6.45, 7) is 3.96. The van der Waals surface area contributed by atoms with E-state index in [1.54, 1.807) is 14.0 Å². The number of carboxylic acid groups (broad SMARTS) is 1. The lowest BCUT2D eigenvalue weighted by Crippen LogP contribution is -2.43. The van der Waals surface area contributed by atoms with E-state index in [1.807, 2.05) is 0 Å². The van der Waals surface area contributed by atoms with Gasteiger partial charge in [0, 0.05) is 13.7 Å². The van der Waals surface area contributed by atoms with Crippen LogP contribution in [0.5, 0.6) is 0 Å². The van der Waals surface area contributed by atoms with Gasteiger partial charge in [-0.05, 0) is 25.8 Å². The number of nitrogens with zero attached hydrogens (tertiary/aromatic N) is 1. The Kier molecular flexibility index (Phi) is 6.45. The van der Waals surface area contributed by atoms with Crippen LogP contribution in [-0.4, -0.2) is 42.7 Å². The van der Waals surface area contributed by atoms with E-state index >= 15 is 0 Å². The van der Waals surface area contributed by atoms with Crippen molar-refractivity contribution in [3.8, 4) is 0 Å². The zero-order valence-electron chi connectivity index (χ0n) is 10.6. The Labute approximate surface area is 101 Å². The first-order valence-corrected chi connectivity index (χ1v) is 5.28. The van der Waals surface area contributed by atoms with Crippen LogP contribution in [0.2, 0.25) is 0 Å². The van der Waals surface area contributed by atoms with E-state index in [9.17, 15) is 4.79 Å². The van der Waals surface area contributed by atoms with Crippen molar-refractivity contribution in [3.05, 3.63) is 11.6 Å². The molecule has 1 unspecified atom stereocenters. The number of carbonyl (C=O) groups is 1. The van der Waals surface area contributed by atoms with E-state index in [4.69, 9.17) is 21.3 Å². The number of methoxy groups -OCH3 is 1. The molecule has 0 aliphatic heterocycles. The molecule has 0 spiro atoms. The Morgan fingerprint density at radius 2 is 2.18 bits per heavy atom. The first-order chi connectivity index (χ1) is 7.79. The zero-order chi connectivity index (χ0) is 13.5. The molecule has 0 aromatic heterocycles. The van der Waals surface area contributed by atoms with Gasteiger partial charge < -0.3 is 21.3 Å². The fourth-order valence-electron chi connectivity index (χ4n) is 1.23. The van der Waals surface area contributed by atoms with Crippen LogP contribution >= 0.6 is 0 Å². The molecular weight excluding hydrogens is 222 g/mol. The summed E-state index contributed by atoms with van der Waals surface area (Å²) in [5.74, 6) is -0.583. The molecule has 0 aromatic rings. The second-order valence-electron chi connectivity index (χ2n) is 4.10. The van der Waals surface area contributed by atoms with Gasteiger partial charge in [-0.25, -0.2) is 4.79 Å². The van der Waals surface area contributed by atoms with E-state index in [0.29, 0.717) is 25.4 Å². The molecule has 17 heavy (non-hydrogen) atoms. The van der Waals surface area contributed by atoms with Crippen LogP contribution in [-0.2, 0) is 9.53 Å². The van der Waals surface area contributed by atoms with Crippen molar-refractivity contribution in [2.75, 3.05) is 20.3 Å². The Balaban J connectivity index is 4.67. The van der Waals surface area contributed by atoms with Crippen molar-refractivity contribution in [3.63, 3.8) is 0 Å². The van der Waals surface area contributed by atoms with Gasteiger partial charge in [0.2, 0.25) is 0 Å². The van der Waals surface area contributed by atoms with Crippen molar-refractivity contribution in [1.82, 2.24) is 0 Å². The van der Waals surface area contributed by atoms with E-state index in [0.717, 1.165) is 5.57 Å². The maximum absolute atomic E-state index is 10.9. The van der Waals surface area contributed by atoms with Crippen LogP contribution in [0, 0.1) is 0 Å². The van der Waals surface area contributed by atoms with Crippen LogP contribution in [0.25, 0.3) is 0 Å². The lowest BCUT2D eigenvalue weighted by Gasteiger charge is -2.16. The Hall–Kier alpha value is -1.40. The number of hydrogen-bond donors (Lipinski definition) is 3. The molecule has 0 aliphatic carbocycles. The molecule has 0 radical (unpaired) electrons. The normalized spacial score (nSPS) is 16.7. The number of ether oxygens (including phenoxy) is 1. The van der Waals surface area contributed by atoms with Gasteiger partial charge in [0.05, 0.1) is 12.4 Å². The second kappa shape index (κ2) is 7.03. The summed E-state index contributed by atoms with van der Waals surface area (Å²) in [6, 6.07) is 0. The maximum atomic E-state index is 10.9. The Morgan fingerprint density at radius 3 is 2.59 bits per heavy atom. The topological polar surface area (TPSA) is 111 Å². The molecule has 6 heteroatoms. The molecule has 0 aliphatic rings. The molecule has 6 nitrogen and oxygen atoms in total. The van der Waals surface area contributed by atoms with Crippen molar-refractivity contribution >= 4 is 11.8 Å². The van der Waals surface area contributed by atoms with Crippen molar-refractivity contribution in [2.45, 2.75) is 25.8 Å². The molecule has 1 atom stereocenters. The molecule has 0 aromatic carbocycles. The highest BCUT2D eigenvalue weighted by molar-refractivity contribution is 5.80. The summed E-state index contributed by atoms with van der Waals surface area (Å²) in [5, 5.41) is 8.91. The summed E-state index contributed by atoms with van der Waals surface area (Å²) in [7, 11) is 1.54. The van der Waals surface area contributed by atoms with Crippen LogP contribution in [0.4, 0.5) is 0 Å². The summed E-state index contributed by atoms with van der Waals surface area (Å²) in [6.07, 6.45) is 2.07. The molecule has 0 fully saturated rings. The molecule has 0 rings (SSSR count). The number of carboxylic acids is 1. The highest BCUT2D eigenvalue weighted by Gasteiger charge is 2.25. The van der Waals surface area contributed by atoms with Crippen LogP contribution in [0.3, 0.4) is 0 Å². The molecule has 0 saturated heterocycles. The lowest BCUT2D eigenvalue weighted by atomic mass is 9.99. The highest BCUT2D eigenvalue weighted by atomic mass is 16.5. The van der Waals surface area contributed by atoms with E-state index < -0.39 is 11.5 Å². The first kappa shape index (κ1) is 15.6. The third kappa shape index (κ3) is 6.70. The van der Waals surface area contributed by atoms with Crippen LogP contribution < -0.4 is 11.5 Å². The average Bonchev–Trinajstić information content (AvgIpc) is 2.16. The van der Waals surface area contributed by atoms with E-state index in [-0.39, 0.29) is 0 Å². The molecule has 5 N–H and O–H groups in total. The quantitative estimate of drug-likeness (QED) is 0.334. The fraction of sp³-hybridized carbons (Fsp3) is 0.636. The number of aliphatic imine (C=N–C) groups is 1. The summed E-state index contributed by atoms with van der Waals surface area (Å²) in [5.41, 5.74) is 10.4. The maximum Gasteiger partial charge on any atom is 0.327 e. The Bertz CT molecular complexity index is 318. The third-order valence-electron chi connectivity index (χ3n) is 2.09. The first-order valence-electron chi connectivity index (χ1n) is 5.28. The standard InChI is InChI=1S/C11H21N3O3/c1-8(12)14-5-4-9(7-17-3)6-11(2,13)10(15)16/h6H,4-5,7,13H2,1-3H3,(H2,12,14)(H,15,16)/b9-6+. The van der Waals surface area contributed by atoms with Gasteiger partial charge in [0.1, 0.15) is 5.54 Å². The predicted molar refractivity (Wildman–Crippen MR) is 67.0 cm³/mol. The fourth-order valence-corrected chi connectivity index (χ4v) is 1.23. The summed E-state index contributed by atoms with van der Waals surface area (Å²) in [4.78, 5) is 14.9. The van der Waals surface area contributed by atoms with Crippen LogP contribution in [0.15, 0.2) is 16.6 Å². The van der Waals surface area contributed by atoms with Gasteiger partial charge in [-0.1, -0.05) is 6.08 Å². The molecule has 0 saturated carbocycles. The molecular formula is C11H21N3O3. The van der Waals surface area contributed by atoms with Gasteiger partial charge in [-0.15, -0.1) is 0 Å². The van der Waals surface area contributed by atoms with Gasteiger partial charge in [0.25, 0.3) is 0 Å². The molecule has 98 valence electrons. The minimum Gasteiger partial charge on any atom is -0.480 e.